The number of anilines is 1. The first-order chi connectivity index (χ1) is 14.6. The number of hydrogen-bond donors (Lipinski definition) is 1. The molecule has 0 spiro atoms. The highest BCUT2D eigenvalue weighted by Gasteiger charge is 2.34. The van der Waals surface area contributed by atoms with Gasteiger partial charge in [-0.2, -0.15) is 0 Å². The molecule has 7 heteroatoms. The summed E-state index contributed by atoms with van der Waals surface area (Å²) in [6.45, 7) is 10.4. The lowest BCUT2D eigenvalue weighted by molar-refractivity contribution is -0.122. The van der Waals surface area contributed by atoms with E-state index in [0.717, 1.165) is 28.0 Å². The first kappa shape index (κ1) is 23.0. The molecule has 0 bridgehead atoms. The Morgan fingerprint density at radius 3 is 2.48 bits per heavy atom. The molecule has 3 rings (SSSR count). The van der Waals surface area contributed by atoms with Crippen LogP contribution in [0.25, 0.3) is 6.08 Å². The summed E-state index contributed by atoms with van der Waals surface area (Å²) in [6, 6.07) is 9.13. The van der Waals surface area contributed by atoms with Gasteiger partial charge in [0.25, 0.3) is 11.8 Å². The van der Waals surface area contributed by atoms with Gasteiger partial charge < -0.3 is 4.74 Å². The number of carbonyl (C=O) groups excluding carboxylic acids is 2. The van der Waals surface area contributed by atoms with Crippen molar-refractivity contribution < 1.29 is 14.3 Å². The van der Waals surface area contributed by atoms with Crippen LogP contribution >= 0.6 is 23.8 Å². The zero-order chi connectivity index (χ0) is 22.9. The number of nitrogens with one attached hydrogen (secondary N) is 1. The minimum atomic E-state index is -0.524. The summed E-state index contributed by atoms with van der Waals surface area (Å²) in [4.78, 5) is 27.2. The van der Waals surface area contributed by atoms with E-state index in [1.54, 1.807) is 24.3 Å². The number of carbonyl (C=O) groups is 2. The molecule has 0 saturated carbocycles. The van der Waals surface area contributed by atoms with E-state index in [0.29, 0.717) is 17.3 Å². The van der Waals surface area contributed by atoms with Crippen molar-refractivity contribution in [1.82, 2.24) is 5.32 Å². The summed E-state index contributed by atoms with van der Waals surface area (Å²) in [6.07, 6.45) is 1.61. The van der Waals surface area contributed by atoms with Crippen LogP contribution in [0, 0.1) is 13.8 Å². The van der Waals surface area contributed by atoms with Gasteiger partial charge >= 0.3 is 0 Å². The van der Waals surface area contributed by atoms with E-state index in [1.165, 1.54) is 4.90 Å². The molecule has 1 fully saturated rings. The van der Waals surface area contributed by atoms with E-state index in [2.05, 4.69) is 19.2 Å². The van der Waals surface area contributed by atoms with Crippen molar-refractivity contribution in [2.24, 2.45) is 0 Å². The molecule has 5 nitrogen and oxygen atoms in total. The van der Waals surface area contributed by atoms with Crippen LogP contribution < -0.4 is 15.0 Å². The average molecular weight is 457 g/mol. The number of rotatable bonds is 5. The Hall–Kier alpha value is -2.70. The fraction of sp³-hybridized carbons (Fsp3) is 0.292. The van der Waals surface area contributed by atoms with E-state index in [4.69, 9.17) is 28.6 Å². The number of aryl methyl sites for hydroxylation is 2. The molecule has 31 heavy (non-hydrogen) atoms. The van der Waals surface area contributed by atoms with Gasteiger partial charge in [-0.15, -0.1) is 0 Å². The third-order valence-electron chi connectivity index (χ3n) is 5.14. The zero-order valence-electron chi connectivity index (χ0n) is 18.2. The fourth-order valence-electron chi connectivity index (χ4n) is 3.37. The van der Waals surface area contributed by atoms with Crippen LogP contribution in [0.4, 0.5) is 5.69 Å². The summed E-state index contributed by atoms with van der Waals surface area (Å²) >= 11 is 11.5. The highest BCUT2D eigenvalue weighted by Crippen LogP contribution is 2.32. The van der Waals surface area contributed by atoms with Gasteiger partial charge in [0.1, 0.15) is 11.3 Å². The lowest BCUT2D eigenvalue weighted by atomic mass is 9.95. The molecule has 0 atom stereocenters. The van der Waals surface area contributed by atoms with Crippen molar-refractivity contribution in [3.8, 4) is 5.75 Å². The van der Waals surface area contributed by atoms with Gasteiger partial charge in [-0.25, -0.2) is 0 Å². The van der Waals surface area contributed by atoms with Gasteiger partial charge in [0, 0.05) is 5.02 Å². The molecule has 2 aromatic carbocycles. The number of ether oxygens (including phenoxy) is 1. The Labute approximate surface area is 193 Å². The molecule has 1 N–H and O–H groups in total. The van der Waals surface area contributed by atoms with E-state index in [-0.39, 0.29) is 16.6 Å². The molecule has 1 aliphatic rings. The molecule has 0 unspecified atom stereocenters. The van der Waals surface area contributed by atoms with Crippen LogP contribution in [0.15, 0.2) is 35.9 Å². The van der Waals surface area contributed by atoms with Gasteiger partial charge in [-0.05, 0) is 91.5 Å². The van der Waals surface area contributed by atoms with E-state index >= 15 is 0 Å². The number of hydrogen-bond acceptors (Lipinski definition) is 4. The number of nitrogens with zero attached hydrogens (tertiary/aromatic N) is 1. The molecule has 0 radical (unpaired) electrons. The van der Waals surface area contributed by atoms with Crippen LogP contribution in [0.1, 0.15) is 48.9 Å². The standard InChI is InChI=1S/C24H25ClN2O3S/c1-6-30-21-9-15(5)16(10-18(21)13(2)3)11-19-22(28)26-24(31)27(23(19)29)17-8-7-14(4)20(25)12-17/h7-13H,6H2,1-5H3,(H,26,28,31)/b19-11+. The van der Waals surface area contributed by atoms with Crippen molar-refractivity contribution in [3.05, 3.63) is 63.2 Å². The molecule has 0 aromatic heterocycles. The van der Waals surface area contributed by atoms with Crippen LogP contribution in [0.2, 0.25) is 5.02 Å². The molecule has 2 amide bonds. The highest BCUT2D eigenvalue weighted by molar-refractivity contribution is 7.80. The molecule has 0 aliphatic carbocycles. The van der Waals surface area contributed by atoms with Crippen LogP contribution in [-0.4, -0.2) is 23.5 Å². The monoisotopic (exact) mass is 456 g/mol. The third kappa shape index (κ3) is 4.65. The van der Waals surface area contributed by atoms with Gasteiger partial charge in [0.2, 0.25) is 0 Å². The molecular weight excluding hydrogens is 432 g/mol. The fourth-order valence-corrected chi connectivity index (χ4v) is 3.83. The van der Waals surface area contributed by atoms with Crippen molar-refractivity contribution in [2.45, 2.75) is 40.5 Å². The van der Waals surface area contributed by atoms with Gasteiger partial charge in [-0.1, -0.05) is 31.5 Å². The number of benzene rings is 2. The first-order valence-electron chi connectivity index (χ1n) is 10.1. The Morgan fingerprint density at radius 1 is 1.16 bits per heavy atom. The van der Waals surface area contributed by atoms with Gasteiger partial charge in [0.05, 0.1) is 12.3 Å². The van der Waals surface area contributed by atoms with Crippen molar-refractivity contribution in [1.29, 1.82) is 0 Å². The summed E-state index contributed by atoms with van der Waals surface area (Å²) in [5.74, 6) is 0.0134. The lowest BCUT2D eigenvalue weighted by Crippen LogP contribution is -2.54. The first-order valence-corrected chi connectivity index (χ1v) is 10.9. The predicted molar refractivity (Wildman–Crippen MR) is 129 cm³/mol. The second kappa shape index (κ2) is 9.20. The Kier molecular flexibility index (Phi) is 6.82. The number of thiocarbonyl (C=S) groups is 1. The van der Waals surface area contributed by atoms with Gasteiger partial charge in [-0.3, -0.25) is 19.8 Å². The van der Waals surface area contributed by atoms with Crippen molar-refractivity contribution >= 4 is 52.5 Å². The maximum Gasteiger partial charge on any atom is 0.270 e. The molecule has 2 aromatic rings. The van der Waals surface area contributed by atoms with E-state index in [1.807, 2.05) is 32.9 Å². The van der Waals surface area contributed by atoms with E-state index < -0.39 is 11.8 Å². The molecular formula is C24H25ClN2O3S. The molecule has 1 aliphatic heterocycles. The summed E-state index contributed by atoms with van der Waals surface area (Å²) < 4.78 is 5.77. The maximum absolute atomic E-state index is 13.3. The Bertz CT molecular complexity index is 1110. The number of amides is 2. The Morgan fingerprint density at radius 2 is 1.87 bits per heavy atom. The third-order valence-corrected chi connectivity index (χ3v) is 5.83. The second-order valence-electron chi connectivity index (χ2n) is 7.73. The quantitative estimate of drug-likeness (QED) is 0.376. The molecule has 1 heterocycles. The Balaban J connectivity index is 2.07. The minimum Gasteiger partial charge on any atom is -0.494 e. The van der Waals surface area contributed by atoms with E-state index in [9.17, 15) is 9.59 Å². The van der Waals surface area contributed by atoms with Gasteiger partial charge in [0.15, 0.2) is 5.11 Å². The topological polar surface area (TPSA) is 58.6 Å². The number of halogens is 1. The maximum atomic E-state index is 13.3. The van der Waals surface area contributed by atoms with Crippen LogP contribution in [0.5, 0.6) is 5.75 Å². The predicted octanol–water partition coefficient (Wildman–Crippen LogP) is 5.31. The minimum absolute atomic E-state index is 0.00673. The molecule has 162 valence electrons. The second-order valence-corrected chi connectivity index (χ2v) is 8.52. The van der Waals surface area contributed by atoms with Crippen LogP contribution in [-0.2, 0) is 9.59 Å². The summed E-state index contributed by atoms with van der Waals surface area (Å²) in [7, 11) is 0. The van der Waals surface area contributed by atoms with Crippen LogP contribution in [0.3, 0.4) is 0 Å². The van der Waals surface area contributed by atoms with Crippen molar-refractivity contribution in [2.75, 3.05) is 11.5 Å². The highest BCUT2D eigenvalue weighted by atomic mass is 35.5. The summed E-state index contributed by atoms with van der Waals surface area (Å²) in [5, 5.41) is 3.15. The zero-order valence-corrected chi connectivity index (χ0v) is 19.8. The SMILES string of the molecule is CCOc1cc(C)c(/C=C2\C(=O)NC(=S)N(c3ccc(C)c(Cl)c3)C2=O)cc1C(C)C. The summed E-state index contributed by atoms with van der Waals surface area (Å²) in [5.41, 5.74) is 4.09. The van der Waals surface area contributed by atoms with Crippen molar-refractivity contribution in [3.63, 3.8) is 0 Å². The smallest absolute Gasteiger partial charge is 0.270 e. The lowest BCUT2D eigenvalue weighted by Gasteiger charge is -2.29. The normalized spacial score (nSPS) is 15.6. The largest absolute Gasteiger partial charge is 0.494 e. The molecule has 1 saturated heterocycles. The average Bonchev–Trinajstić information content (AvgIpc) is 2.69.